The standard InChI is InChI=1S/C26H27N5O3S/c1-17-23(28-21-10-6-5-9-20(21)27-17)29-12-14-30(15-13-29)26(34)22(11-16-35-2)31-24(32)18-7-3-4-8-19(18)25(31)33/h3-10,22H,11-16H2,1-2H3. The Balaban J connectivity index is 1.33. The van der Waals surface area contributed by atoms with E-state index in [9.17, 15) is 14.4 Å². The lowest BCUT2D eigenvalue weighted by atomic mass is 10.1. The predicted molar refractivity (Wildman–Crippen MR) is 137 cm³/mol. The first-order valence-electron chi connectivity index (χ1n) is 11.7. The van der Waals surface area contributed by atoms with Crippen LogP contribution in [0.5, 0.6) is 0 Å². The first-order chi connectivity index (χ1) is 17.0. The van der Waals surface area contributed by atoms with E-state index in [1.54, 1.807) is 40.9 Å². The lowest BCUT2D eigenvalue weighted by Gasteiger charge is -2.38. The minimum absolute atomic E-state index is 0.172. The minimum Gasteiger partial charge on any atom is -0.352 e. The van der Waals surface area contributed by atoms with Crippen LogP contribution < -0.4 is 4.90 Å². The number of hydrogen-bond donors (Lipinski definition) is 0. The molecule has 0 bridgehead atoms. The van der Waals surface area contributed by atoms with Crippen LogP contribution in [0.3, 0.4) is 0 Å². The molecule has 0 spiro atoms. The summed E-state index contributed by atoms with van der Waals surface area (Å²) in [5, 5.41) is 0. The van der Waals surface area contributed by atoms with E-state index >= 15 is 0 Å². The molecule has 2 aromatic carbocycles. The maximum Gasteiger partial charge on any atom is 0.262 e. The summed E-state index contributed by atoms with van der Waals surface area (Å²) >= 11 is 1.60. The number of piperazine rings is 1. The molecule has 8 nitrogen and oxygen atoms in total. The molecule has 0 radical (unpaired) electrons. The van der Waals surface area contributed by atoms with Gasteiger partial charge in [-0.3, -0.25) is 19.3 Å². The molecule has 180 valence electrons. The number of aryl methyl sites for hydroxylation is 1. The van der Waals surface area contributed by atoms with Crippen molar-refractivity contribution < 1.29 is 14.4 Å². The fourth-order valence-corrected chi connectivity index (χ4v) is 5.27. The summed E-state index contributed by atoms with van der Waals surface area (Å²) in [4.78, 5) is 54.4. The van der Waals surface area contributed by atoms with Crippen LogP contribution in [0, 0.1) is 6.92 Å². The number of para-hydroxylation sites is 2. The van der Waals surface area contributed by atoms with Crippen molar-refractivity contribution in [3.63, 3.8) is 0 Å². The quantitative estimate of drug-likeness (QED) is 0.492. The monoisotopic (exact) mass is 489 g/mol. The van der Waals surface area contributed by atoms with E-state index in [-0.39, 0.29) is 17.7 Å². The first-order valence-corrected chi connectivity index (χ1v) is 13.1. The van der Waals surface area contributed by atoms with Gasteiger partial charge < -0.3 is 9.80 Å². The predicted octanol–water partition coefficient (Wildman–Crippen LogP) is 3.00. The van der Waals surface area contributed by atoms with E-state index < -0.39 is 6.04 Å². The lowest BCUT2D eigenvalue weighted by molar-refractivity contribution is -0.135. The molecule has 1 unspecified atom stereocenters. The number of carbonyl (C=O) groups is 3. The number of aromatic nitrogens is 2. The molecule has 1 aromatic heterocycles. The Morgan fingerprint density at radius 1 is 0.914 bits per heavy atom. The van der Waals surface area contributed by atoms with Gasteiger partial charge in [0.25, 0.3) is 11.8 Å². The van der Waals surface area contributed by atoms with Crippen molar-refractivity contribution in [3.8, 4) is 0 Å². The van der Waals surface area contributed by atoms with Crippen LogP contribution in [0.25, 0.3) is 11.0 Å². The summed E-state index contributed by atoms with van der Waals surface area (Å²) in [6.45, 7) is 4.15. The van der Waals surface area contributed by atoms with Gasteiger partial charge >= 0.3 is 0 Å². The lowest BCUT2D eigenvalue weighted by Crippen LogP contribution is -2.56. The number of carbonyl (C=O) groups excluding carboxylic acids is 3. The van der Waals surface area contributed by atoms with Crippen molar-refractivity contribution in [3.05, 3.63) is 65.4 Å². The number of fused-ring (bicyclic) bond motifs is 2. The SMILES string of the molecule is CSCCC(C(=O)N1CCN(c2nc3ccccc3nc2C)CC1)N1C(=O)c2ccccc2C1=O. The molecule has 3 aromatic rings. The van der Waals surface area contributed by atoms with E-state index in [4.69, 9.17) is 4.98 Å². The van der Waals surface area contributed by atoms with Gasteiger partial charge in [-0.05, 0) is 49.6 Å². The Labute approximate surface area is 208 Å². The zero-order valence-corrected chi connectivity index (χ0v) is 20.6. The summed E-state index contributed by atoms with van der Waals surface area (Å²) in [6.07, 6.45) is 2.39. The van der Waals surface area contributed by atoms with Crippen molar-refractivity contribution in [2.75, 3.05) is 43.1 Å². The Morgan fingerprint density at radius 3 is 2.09 bits per heavy atom. The highest BCUT2D eigenvalue weighted by atomic mass is 32.2. The minimum atomic E-state index is -0.802. The van der Waals surface area contributed by atoms with E-state index in [0.717, 1.165) is 22.5 Å². The highest BCUT2D eigenvalue weighted by molar-refractivity contribution is 7.98. The van der Waals surface area contributed by atoms with Crippen LogP contribution >= 0.6 is 11.8 Å². The number of rotatable bonds is 6. The summed E-state index contributed by atoms with van der Waals surface area (Å²) in [7, 11) is 0. The molecule has 9 heteroatoms. The Hall–Kier alpha value is -3.46. The average molecular weight is 490 g/mol. The van der Waals surface area contributed by atoms with Gasteiger partial charge in [-0.2, -0.15) is 11.8 Å². The van der Waals surface area contributed by atoms with Crippen LogP contribution in [0.4, 0.5) is 5.82 Å². The Morgan fingerprint density at radius 2 is 1.49 bits per heavy atom. The van der Waals surface area contributed by atoms with E-state index in [1.807, 2.05) is 37.4 Å². The van der Waals surface area contributed by atoms with Crippen LogP contribution in [-0.2, 0) is 4.79 Å². The maximum atomic E-state index is 13.6. The highest BCUT2D eigenvalue weighted by Crippen LogP contribution is 2.28. The zero-order valence-electron chi connectivity index (χ0n) is 19.8. The number of anilines is 1. The third-order valence-corrected chi connectivity index (χ3v) is 7.27. The molecular formula is C26H27N5O3S. The fraction of sp³-hybridized carbons (Fsp3) is 0.346. The smallest absolute Gasteiger partial charge is 0.262 e. The molecule has 3 amide bonds. The molecule has 0 aliphatic carbocycles. The number of amides is 3. The van der Waals surface area contributed by atoms with Crippen LogP contribution in [0.15, 0.2) is 48.5 Å². The molecule has 1 saturated heterocycles. The third-order valence-electron chi connectivity index (χ3n) is 6.63. The van der Waals surface area contributed by atoms with Gasteiger partial charge in [-0.25, -0.2) is 9.97 Å². The number of hydrogen-bond acceptors (Lipinski definition) is 7. The summed E-state index contributed by atoms with van der Waals surface area (Å²) in [5.41, 5.74) is 3.30. The van der Waals surface area contributed by atoms with E-state index in [0.29, 0.717) is 49.5 Å². The van der Waals surface area contributed by atoms with Gasteiger partial charge in [-0.15, -0.1) is 0 Å². The molecule has 0 saturated carbocycles. The molecule has 3 heterocycles. The molecule has 1 atom stereocenters. The Kier molecular flexibility index (Phi) is 6.42. The number of imide groups is 1. The molecule has 1 fully saturated rings. The van der Waals surface area contributed by atoms with Gasteiger partial charge in [0.2, 0.25) is 5.91 Å². The van der Waals surface area contributed by atoms with E-state index in [1.165, 1.54) is 4.90 Å². The first kappa shape index (κ1) is 23.3. The summed E-state index contributed by atoms with van der Waals surface area (Å²) < 4.78 is 0. The highest BCUT2D eigenvalue weighted by Gasteiger charge is 2.43. The van der Waals surface area contributed by atoms with Crippen molar-refractivity contribution in [1.82, 2.24) is 19.8 Å². The second kappa shape index (κ2) is 9.65. The van der Waals surface area contributed by atoms with Crippen LogP contribution in [0.2, 0.25) is 0 Å². The second-order valence-corrected chi connectivity index (χ2v) is 9.74. The largest absolute Gasteiger partial charge is 0.352 e. The molecule has 35 heavy (non-hydrogen) atoms. The fourth-order valence-electron chi connectivity index (χ4n) is 4.81. The van der Waals surface area contributed by atoms with Gasteiger partial charge in [0, 0.05) is 26.2 Å². The molecule has 2 aliphatic heterocycles. The topological polar surface area (TPSA) is 86.7 Å². The molecular weight excluding hydrogens is 462 g/mol. The third kappa shape index (κ3) is 4.25. The summed E-state index contributed by atoms with van der Waals surface area (Å²) in [5.74, 6) is 0.566. The van der Waals surface area contributed by atoms with Crippen LogP contribution in [0.1, 0.15) is 32.8 Å². The molecule has 5 rings (SSSR count). The zero-order chi connectivity index (χ0) is 24.5. The van der Waals surface area contributed by atoms with Crippen LogP contribution in [-0.4, -0.2) is 81.7 Å². The normalized spacial score (nSPS) is 16.7. The second-order valence-electron chi connectivity index (χ2n) is 8.76. The average Bonchev–Trinajstić information content (AvgIpc) is 3.14. The van der Waals surface area contributed by atoms with E-state index in [2.05, 4.69) is 9.88 Å². The van der Waals surface area contributed by atoms with Crippen molar-refractivity contribution in [1.29, 1.82) is 0 Å². The van der Waals surface area contributed by atoms with Gasteiger partial charge in [0.1, 0.15) is 6.04 Å². The van der Waals surface area contributed by atoms with Crippen molar-refractivity contribution in [2.45, 2.75) is 19.4 Å². The number of nitrogens with zero attached hydrogens (tertiary/aromatic N) is 5. The van der Waals surface area contributed by atoms with Crippen molar-refractivity contribution >= 4 is 46.3 Å². The van der Waals surface area contributed by atoms with Gasteiger partial charge in [-0.1, -0.05) is 24.3 Å². The maximum absolute atomic E-state index is 13.6. The number of benzene rings is 2. The van der Waals surface area contributed by atoms with Gasteiger partial charge in [0.15, 0.2) is 5.82 Å². The molecule has 0 N–H and O–H groups in total. The molecule has 2 aliphatic rings. The Bertz CT molecular complexity index is 1270. The summed E-state index contributed by atoms with van der Waals surface area (Å²) in [6, 6.07) is 13.8. The van der Waals surface area contributed by atoms with Crippen molar-refractivity contribution in [2.24, 2.45) is 0 Å². The number of thioether (sulfide) groups is 1. The van der Waals surface area contributed by atoms with Gasteiger partial charge in [0.05, 0.1) is 27.9 Å².